The van der Waals surface area contributed by atoms with E-state index in [0.717, 1.165) is 16.1 Å². The van der Waals surface area contributed by atoms with Gasteiger partial charge in [0, 0.05) is 11.6 Å². The van der Waals surface area contributed by atoms with Gasteiger partial charge in [0.1, 0.15) is 10.4 Å². The number of nitrogens with zero attached hydrogens (tertiary/aromatic N) is 1. The van der Waals surface area contributed by atoms with E-state index in [1.165, 1.54) is 31.4 Å². The smallest absolute Gasteiger partial charge is 0.127 e. The zero-order valence-corrected chi connectivity index (χ0v) is 12.6. The predicted octanol–water partition coefficient (Wildman–Crippen LogP) is 4.59. The summed E-state index contributed by atoms with van der Waals surface area (Å²) in [5, 5.41) is 3.46. The van der Waals surface area contributed by atoms with Crippen LogP contribution in [0.25, 0.3) is 5.69 Å². The molecule has 3 rings (SSSR count). The Bertz CT molecular complexity index is 621. The van der Waals surface area contributed by atoms with Gasteiger partial charge in [-0.25, -0.2) is 4.68 Å². The molecule has 3 nitrogen and oxygen atoms in total. The summed E-state index contributed by atoms with van der Waals surface area (Å²) in [6.45, 7) is 2.68. The second kappa shape index (κ2) is 5.83. The van der Waals surface area contributed by atoms with Crippen molar-refractivity contribution in [1.82, 2.24) is 9.78 Å². The predicted molar refractivity (Wildman–Crippen MR) is 83.3 cm³/mol. The minimum atomic E-state index is 0.653. The van der Waals surface area contributed by atoms with Crippen molar-refractivity contribution in [2.24, 2.45) is 0 Å². The number of nitrogens with one attached hydrogen (secondary N) is 1. The van der Waals surface area contributed by atoms with Crippen molar-refractivity contribution in [1.29, 1.82) is 0 Å². The molecule has 1 fully saturated rings. The van der Waals surface area contributed by atoms with E-state index in [-0.39, 0.29) is 0 Å². The molecule has 0 atom stereocenters. The first-order valence-corrected chi connectivity index (χ1v) is 7.74. The highest BCUT2D eigenvalue weighted by Crippen LogP contribution is 2.33. The zero-order chi connectivity index (χ0) is 13.9. The molecule has 0 radical (unpaired) electrons. The minimum Gasteiger partial charge on any atom is -0.494 e. The van der Waals surface area contributed by atoms with Crippen molar-refractivity contribution in [3.63, 3.8) is 0 Å². The highest BCUT2D eigenvalue weighted by molar-refractivity contribution is 7.71. The summed E-state index contributed by atoms with van der Waals surface area (Å²) >= 11 is 5.47. The van der Waals surface area contributed by atoms with Crippen molar-refractivity contribution in [2.45, 2.75) is 38.5 Å². The Morgan fingerprint density at radius 3 is 2.60 bits per heavy atom. The van der Waals surface area contributed by atoms with E-state index < -0.39 is 0 Å². The Morgan fingerprint density at radius 2 is 1.95 bits per heavy atom. The van der Waals surface area contributed by atoms with Gasteiger partial charge in [-0.15, -0.1) is 0 Å². The minimum absolute atomic E-state index is 0.653. The third-order valence-corrected chi connectivity index (χ3v) is 4.24. The van der Waals surface area contributed by atoms with Crippen LogP contribution in [0.4, 0.5) is 0 Å². The van der Waals surface area contributed by atoms with Crippen molar-refractivity contribution in [3.05, 3.63) is 40.7 Å². The first kappa shape index (κ1) is 13.4. The fourth-order valence-corrected chi connectivity index (χ4v) is 3.19. The molecule has 4 heteroatoms. The van der Waals surface area contributed by atoms with Crippen LogP contribution in [-0.4, -0.2) is 16.4 Å². The summed E-state index contributed by atoms with van der Waals surface area (Å²) in [6, 6.07) is 10.2. The molecule has 1 aliphatic carbocycles. The molecular weight excluding hydrogens is 268 g/mol. The van der Waals surface area contributed by atoms with Gasteiger partial charge in [0.05, 0.1) is 12.3 Å². The Labute approximate surface area is 124 Å². The van der Waals surface area contributed by atoms with Gasteiger partial charge in [-0.2, -0.15) is 0 Å². The number of rotatable bonds is 4. The molecule has 0 unspecified atom stereocenters. The molecule has 1 N–H and O–H groups in total. The summed E-state index contributed by atoms with van der Waals surface area (Å²) in [7, 11) is 0. The van der Waals surface area contributed by atoms with Gasteiger partial charge in [0.15, 0.2) is 0 Å². The van der Waals surface area contributed by atoms with Gasteiger partial charge in [0.25, 0.3) is 0 Å². The zero-order valence-electron chi connectivity index (χ0n) is 11.8. The summed E-state index contributed by atoms with van der Waals surface area (Å²) in [5.41, 5.74) is 2.34. The maximum atomic E-state index is 5.47. The van der Waals surface area contributed by atoms with Crippen LogP contribution in [0.1, 0.15) is 44.2 Å². The molecule has 1 aliphatic rings. The maximum Gasteiger partial charge on any atom is 0.127 e. The van der Waals surface area contributed by atoms with Crippen LogP contribution in [0, 0.1) is 4.64 Å². The van der Waals surface area contributed by atoms with Crippen LogP contribution in [0.3, 0.4) is 0 Å². The molecule has 1 heterocycles. The van der Waals surface area contributed by atoms with Crippen LogP contribution in [-0.2, 0) is 0 Å². The molecule has 20 heavy (non-hydrogen) atoms. The van der Waals surface area contributed by atoms with Crippen LogP contribution >= 0.6 is 12.2 Å². The second-order valence-electron chi connectivity index (χ2n) is 5.29. The number of ether oxygens (including phenoxy) is 1. The van der Waals surface area contributed by atoms with Gasteiger partial charge in [-0.1, -0.05) is 25.1 Å². The number of hydrogen-bond acceptors (Lipinski definition) is 2. The Kier molecular flexibility index (Phi) is 3.92. The lowest BCUT2D eigenvalue weighted by atomic mass is 10.1. The second-order valence-corrected chi connectivity index (χ2v) is 5.71. The lowest BCUT2D eigenvalue weighted by Crippen LogP contribution is -2.00. The highest BCUT2D eigenvalue weighted by atomic mass is 32.1. The number of H-pyrrole nitrogens is 1. The van der Waals surface area contributed by atoms with Gasteiger partial charge in [0.2, 0.25) is 0 Å². The van der Waals surface area contributed by atoms with Gasteiger partial charge >= 0.3 is 0 Å². The van der Waals surface area contributed by atoms with E-state index in [9.17, 15) is 0 Å². The summed E-state index contributed by atoms with van der Waals surface area (Å²) in [4.78, 5) is 0. The van der Waals surface area contributed by atoms with E-state index in [4.69, 9.17) is 17.0 Å². The summed E-state index contributed by atoms with van der Waals surface area (Å²) in [6.07, 6.45) is 5.22. The van der Waals surface area contributed by atoms with E-state index in [2.05, 4.69) is 11.2 Å². The molecule has 0 saturated heterocycles. The monoisotopic (exact) mass is 288 g/mol. The van der Waals surface area contributed by atoms with Crippen molar-refractivity contribution >= 4 is 12.2 Å². The van der Waals surface area contributed by atoms with Crippen molar-refractivity contribution < 1.29 is 4.74 Å². The van der Waals surface area contributed by atoms with E-state index in [1.54, 1.807) is 0 Å². The maximum absolute atomic E-state index is 5.47. The topological polar surface area (TPSA) is 29.9 Å². The fraction of sp³-hybridized carbons (Fsp3) is 0.438. The van der Waals surface area contributed by atoms with Crippen LogP contribution in [0.15, 0.2) is 30.3 Å². The molecule has 2 aromatic rings. The Morgan fingerprint density at radius 1 is 1.25 bits per heavy atom. The van der Waals surface area contributed by atoms with Crippen molar-refractivity contribution in [3.8, 4) is 11.4 Å². The summed E-state index contributed by atoms with van der Waals surface area (Å²) < 4.78 is 8.30. The lowest BCUT2D eigenvalue weighted by molar-refractivity contribution is 0.340. The number of hydrogen-bond donors (Lipinski definition) is 1. The van der Waals surface area contributed by atoms with Gasteiger partial charge < -0.3 is 4.74 Å². The molecular formula is C16H20N2OS. The standard InChI is InChI=1S/C16H20N2OS/c1-2-19-14-9-7-13(8-10-14)18-16(20)11-15(17-18)12-5-3-4-6-12/h7-12,17H,2-6H2,1H3. The average Bonchev–Trinajstić information content (AvgIpc) is 3.09. The normalized spacial score (nSPS) is 15.7. The lowest BCUT2D eigenvalue weighted by Gasteiger charge is -2.08. The first-order chi connectivity index (χ1) is 9.78. The van der Waals surface area contributed by atoms with Crippen LogP contribution < -0.4 is 4.74 Å². The number of aromatic amines is 1. The molecule has 0 spiro atoms. The van der Waals surface area contributed by atoms with Crippen molar-refractivity contribution in [2.75, 3.05) is 6.61 Å². The average molecular weight is 288 g/mol. The largest absolute Gasteiger partial charge is 0.494 e. The number of aromatic nitrogens is 2. The van der Waals surface area contributed by atoms with Gasteiger partial charge in [-0.3, -0.25) is 5.10 Å². The molecule has 1 aromatic carbocycles. The Balaban J connectivity index is 1.87. The first-order valence-electron chi connectivity index (χ1n) is 7.33. The highest BCUT2D eigenvalue weighted by Gasteiger charge is 2.19. The number of benzene rings is 1. The molecule has 0 amide bonds. The van der Waals surface area contributed by atoms with Crippen LogP contribution in [0.2, 0.25) is 0 Å². The van der Waals surface area contributed by atoms with Crippen LogP contribution in [0.5, 0.6) is 5.75 Å². The quantitative estimate of drug-likeness (QED) is 0.834. The third-order valence-electron chi connectivity index (χ3n) is 3.94. The van der Waals surface area contributed by atoms with Gasteiger partial charge in [-0.05, 0) is 50.1 Å². The molecule has 106 valence electrons. The van der Waals surface area contributed by atoms with E-state index in [1.807, 2.05) is 35.9 Å². The molecule has 0 bridgehead atoms. The molecule has 1 saturated carbocycles. The molecule has 1 aromatic heterocycles. The SMILES string of the molecule is CCOc1ccc(-n2[nH]c(C3CCCC3)cc2=S)cc1. The third kappa shape index (κ3) is 2.66. The fourth-order valence-electron chi connectivity index (χ4n) is 2.91. The van der Waals surface area contributed by atoms with E-state index >= 15 is 0 Å². The Hall–Kier alpha value is -1.55. The van der Waals surface area contributed by atoms with E-state index in [0.29, 0.717) is 12.5 Å². The summed E-state index contributed by atoms with van der Waals surface area (Å²) in [5.74, 6) is 1.55. The molecule has 0 aliphatic heterocycles.